The lowest BCUT2D eigenvalue weighted by atomic mass is 10.2. The summed E-state index contributed by atoms with van der Waals surface area (Å²) in [5.74, 6) is 1.04. The Bertz CT molecular complexity index is 593. The lowest BCUT2D eigenvalue weighted by Crippen LogP contribution is -2.33. The molecule has 1 saturated heterocycles. The number of likely N-dealkylation sites (tertiary alicyclic amines) is 1. The van der Waals surface area contributed by atoms with Gasteiger partial charge in [-0.05, 0) is 44.1 Å². The van der Waals surface area contributed by atoms with Crippen LogP contribution in [-0.4, -0.2) is 24.5 Å². The average molecular weight is 301 g/mol. The lowest BCUT2D eigenvalue weighted by Gasteiger charge is -2.26. The van der Waals surface area contributed by atoms with Gasteiger partial charge >= 0.3 is 0 Å². The number of nitriles is 1. The first kappa shape index (κ1) is 14.3. The first-order valence-electron chi connectivity index (χ1n) is 7.32. The zero-order chi connectivity index (χ0) is 14.5. The van der Waals surface area contributed by atoms with E-state index in [9.17, 15) is 0 Å². The Hall–Kier alpha value is -1.61. The number of nitrogens with one attached hydrogen (secondary N) is 1. The number of rotatable bonds is 6. The smallest absolute Gasteiger partial charge is 0.122 e. The van der Waals surface area contributed by atoms with E-state index in [1.165, 1.54) is 17.7 Å². The molecule has 5 heteroatoms. The van der Waals surface area contributed by atoms with Crippen molar-refractivity contribution in [3.63, 3.8) is 0 Å². The first-order chi connectivity index (χ1) is 10.4. The number of hydrogen-bond donors (Lipinski definition) is 1. The number of nitrogens with zero attached hydrogens (tertiary/aromatic N) is 2. The molecular formula is C16H19N3OS. The SMILES string of the molecule is N#Cc1csc(CNCC(c2ccco2)N2CCCC2)c1. The Balaban J connectivity index is 1.58. The van der Waals surface area contributed by atoms with E-state index in [2.05, 4.69) is 22.4 Å². The van der Waals surface area contributed by atoms with E-state index in [0.29, 0.717) is 6.04 Å². The number of thiophene rings is 1. The van der Waals surface area contributed by atoms with Crippen LogP contribution in [0.15, 0.2) is 34.3 Å². The average Bonchev–Trinajstić information content (AvgIpc) is 3.24. The molecule has 2 aromatic heterocycles. The minimum absolute atomic E-state index is 0.304. The molecule has 2 aromatic rings. The largest absolute Gasteiger partial charge is 0.468 e. The van der Waals surface area contributed by atoms with E-state index in [4.69, 9.17) is 9.68 Å². The van der Waals surface area contributed by atoms with Crippen molar-refractivity contribution in [3.8, 4) is 6.07 Å². The maximum absolute atomic E-state index is 8.85. The molecule has 1 atom stereocenters. The zero-order valence-electron chi connectivity index (χ0n) is 11.9. The van der Waals surface area contributed by atoms with Gasteiger partial charge in [-0.1, -0.05) is 0 Å². The maximum atomic E-state index is 8.85. The van der Waals surface area contributed by atoms with Gasteiger partial charge < -0.3 is 9.73 Å². The molecule has 110 valence electrons. The monoisotopic (exact) mass is 301 g/mol. The molecule has 0 spiro atoms. The molecule has 0 bridgehead atoms. The summed E-state index contributed by atoms with van der Waals surface area (Å²) in [6, 6.07) is 8.44. The molecule has 0 aliphatic carbocycles. The van der Waals surface area contributed by atoms with Crippen LogP contribution in [0.4, 0.5) is 0 Å². The Morgan fingerprint density at radius 3 is 2.95 bits per heavy atom. The summed E-state index contributed by atoms with van der Waals surface area (Å²) in [5.41, 5.74) is 0.749. The summed E-state index contributed by atoms with van der Waals surface area (Å²) < 4.78 is 5.61. The molecule has 1 N–H and O–H groups in total. The molecule has 3 rings (SSSR count). The lowest BCUT2D eigenvalue weighted by molar-refractivity contribution is 0.209. The van der Waals surface area contributed by atoms with Crippen LogP contribution in [0, 0.1) is 11.3 Å². The third-order valence-corrected chi connectivity index (χ3v) is 4.81. The van der Waals surface area contributed by atoms with Gasteiger partial charge in [-0.25, -0.2) is 0 Å². The third-order valence-electron chi connectivity index (χ3n) is 3.87. The van der Waals surface area contributed by atoms with E-state index in [-0.39, 0.29) is 0 Å². The van der Waals surface area contributed by atoms with E-state index in [1.807, 2.05) is 17.5 Å². The number of hydrogen-bond acceptors (Lipinski definition) is 5. The highest BCUT2D eigenvalue weighted by Gasteiger charge is 2.25. The van der Waals surface area contributed by atoms with Gasteiger partial charge in [-0.3, -0.25) is 4.90 Å². The molecule has 4 nitrogen and oxygen atoms in total. The Morgan fingerprint density at radius 1 is 1.43 bits per heavy atom. The van der Waals surface area contributed by atoms with E-state index < -0.39 is 0 Å². The Kier molecular flexibility index (Phi) is 4.71. The summed E-state index contributed by atoms with van der Waals surface area (Å²) >= 11 is 1.63. The van der Waals surface area contributed by atoms with Crippen molar-refractivity contribution in [2.24, 2.45) is 0 Å². The number of furan rings is 1. The molecule has 1 aliphatic heterocycles. The third kappa shape index (κ3) is 3.53. The van der Waals surface area contributed by atoms with Crippen molar-refractivity contribution in [2.75, 3.05) is 19.6 Å². The Labute approximate surface area is 129 Å². The standard InChI is InChI=1S/C16H19N3OS/c17-9-13-8-14(21-12-13)10-18-11-15(16-4-3-7-20-16)19-5-1-2-6-19/h3-4,7-8,12,15,18H,1-2,5-6,10-11H2. The van der Waals surface area contributed by atoms with Gasteiger partial charge in [0, 0.05) is 23.3 Å². The summed E-state index contributed by atoms with van der Waals surface area (Å²) in [4.78, 5) is 3.69. The molecule has 0 saturated carbocycles. The van der Waals surface area contributed by atoms with Crippen LogP contribution >= 0.6 is 11.3 Å². The maximum Gasteiger partial charge on any atom is 0.122 e. The predicted molar refractivity (Wildman–Crippen MR) is 83.0 cm³/mol. The fraction of sp³-hybridized carbons (Fsp3) is 0.438. The van der Waals surface area contributed by atoms with Crippen LogP contribution in [0.5, 0.6) is 0 Å². The zero-order valence-corrected chi connectivity index (χ0v) is 12.7. The van der Waals surface area contributed by atoms with Crippen LogP contribution in [0.1, 0.15) is 35.1 Å². The van der Waals surface area contributed by atoms with Gasteiger partial charge in [0.15, 0.2) is 0 Å². The molecule has 1 aliphatic rings. The van der Waals surface area contributed by atoms with Gasteiger partial charge in [0.05, 0.1) is 17.9 Å². The molecular weight excluding hydrogens is 282 g/mol. The van der Waals surface area contributed by atoms with Crippen molar-refractivity contribution >= 4 is 11.3 Å². The van der Waals surface area contributed by atoms with Crippen LogP contribution < -0.4 is 5.32 Å². The Morgan fingerprint density at radius 2 is 2.29 bits per heavy atom. The second kappa shape index (κ2) is 6.90. The molecule has 0 amide bonds. The fourth-order valence-corrected chi connectivity index (χ4v) is 3.59. The topological polar surface area (TPSA) is 52.2 Å². The van der Waals surface area contributed by atoms with Crippen LogP contribution in [0.3, 0.4) is 0 Å². The minimum Gasteiger partial charge on any atom is -0.468 e. The molecule has 3 heterocycles. The van der Waals surface area contributed by atoms with Gasteiger partial charge in [-0.15, -0.1) is 11.3 Å². The van der Waals surface area contributed by atoms with E-state index in [0.717, 1.165) is 37.5 Å². The molecule has 0 aromatic carbocycles. The predicted octanol–water partition coefficient (Wildman–Crippen LogP) is 3.14. The second-order valence-electron chi connectivity index (χ2n) is 5.32. The quantitative estimate of drug-likeness (QED) is 0.890. The van der Waals surface area contributed by atoms with Gasteiger partial charge in [0.1, 0.15) is 11.8 Å². The van der Waals surface area contributed by atoms with Crippen molar-refractivity contribution in [2.45, 2.75) is 25.4 Å². The van der Waals surface area contributed by atoms with Gasteiger partial charge in [0.2, 0.25) is 0 Å². The van der Waals surface area contributed by atoms with Gasteiger partial charge in [0.25, 0.3) is 0 Å². The highest BCUT2D eigenvalue weighted by Crippen LogP contribution is 2.25. The summed E-state index contributed by atoms with van der Waals surface area (Å²) in [7, 11) is 0. The molecule has 21 heavy (non-hydrogen) atoms. The minimum atomic E-state index is 0.304. The van der Waals surface area contributed by atoms with E-state index in [1.54, 1.807) is 17.6 Å². The summed E-state index contributed by atoms with van der Waals surface area (Å²) in [6.07, 6.45) is 4.29. The van der Waals surface area contributed by atoms with Crippen LogP contribution in [0.25, 0.3) is 0 Å². The van der Waals surface area contributed by atoms with Gasteiger partial charge in [-0.2, -0.15) is 5.26 Å². The van der Waals surface area contributed by atoms with Crippen molar-refractivity contribution in [3.05, 3.63) is 46.0 Å². The van der Waals surface area contributed by atoms with Crippen molar-refractivity contribution in [1.29, 1.82) is 5.26 Å². The first-order valence-corrected chi connectivity index (χ1v) is 8.20. The van der Waals surface area contributed by atoms with Crippen LogP contribution in [0.2, 0.25) is 0 Å². The van der Waals surface area contributed by atoms with Crippen LogP contribution in [-0.2, 0) is 6.54 Å². The highest BCUT2D eigenvalue weighted by molar-refractivity contribution is 7.10. The van der Waals surface area contributed by atoms with E-state index >= 15 is 0 Å². The van der Waals surface area contributed by atoms with Crippen molar-refractivity contribution in [1.82, 2.24) is 10.2 Å². The molecule has 1 unspecified atom stereocenters. The van der Waals surface area contributed by atoms with Crippen molar-refractivity contribution < 1.29 is 4.42 Å². The summed E-state index contributed by atoms with van der Waals surface area (Å²) in [6.45, 7) is 3.96. The summed E-state index contributed by atoms with van der Waals surface area (Å²) in [5, 5.41) is 14.3. The normalized spacial score (nSPS) is 16.9. The highest BCUT2D eigenvalue weighted by atomic mass is 32.1. The molecule has 1 fully saturated rings. The fourth-order valence-electron chi connectivity index (χ4n) is 2.81. The molecule has 0 radical (unpaired) electrons. The second-order valence-corrected chi connectivity index (χ2v) is 6.31.